The molecule has 0 heterocycles. The van der Waals surface area contributed by atoms with Gasteiger partial charge < -0.3 is 20.9 Å². The molecule has 115 valence electrons. The lowest BCUT2D eigenvalue weighted by Gasteiger charge is -2.11. The van der Waals surface area contributed by atoms with E-state index in [-0.39, 0.29) is 26.1 Å². The van der Waals surface area contributed by atoms with Gasteiger partial charge in [-0.05, 0) is 30.5 Å². The number of hydrogen-bond donors (Lipinski definition) is 2. The number of primary amides is 2. The van der Waals surface area contributed by atoms with Gasteiger partial charge in [0.1, 0.15) is 11.5 Å². The van der Waals surface area contributed by atoms with E-state index in [0.717, 1.165) is 18.4 Å². The number of nitrogens with two attached hydrogens (primary N) is 2. The highest BCUT2D eigenvalue weighted by molar-refractivity contribution is 5.74. The van der Waals surface area contributed by atoms with Crippen molar-refractivity contribution in [2.24, 2.45) is 11.5 Å². The molecule has 1 rings (SSSR count). The minimum atomic E-state index is -0.415. The summed E-state index contributed by atoms with van der Waals surface area (Å²) in [6.45, 7) is 4.23. The van der Waals surface area contributed by atoms with Crippen LogP contribution in [0, 0.1) is 6.92 Å². The highest BCUT2D eigenvalue weighted by Gasteiger charge is 2.05. The maximum absolute atomic E-state index is 10.7. The molecule has 0 aliphatic rings. The van der Waals surface area contributed by atoms with E-state index >= 15 is 0 Å². The van der Waals surface area contributed by atoms with Crippen LogP contribution in [0.25, 0.3) is 0 Å². The average Bonchev–Trinajstić information content (AvgIpc) is 2.38. The molecule has 0 bridgehead atoms. The number of amides is 2. The zero-order valence-corrected chi connectivity index (χ0v) is 12.0. The Hall–Kier alpha value is -2.24. The highest BCUT2D eigenvalue weighted by atomic mass is 16.5. The van der Waals surface area contributed by atoms with E-state index in [1.54, 1.807) is 6.07 Å². The fourth-order valence-electron chi connectivity index (χ4n) is 1.68. The number of hydrogen-bond acceptors (Lipinski definition) is 4. The standard InChI is InChI=1S/C15H21N2O4/c1-2-3-11-8-12(20-6-4-14(16)18)10-13(9-11)21-7-5-15(17)19/h8-10H,1-7H2,(H2,16,18)(H2,17,19). The number of carbonyl (C=O) groups excluding carboxylic acids is 2. The molecule has 0 aliphatic carbocycles. The molecule has 1 aromatic rings. The first-order valence-electron chi connectivity index (χ1n) is 6.76. The van der Waals surface area contributed by atoms with Crippen LogP contribution in [0.15, 0.2) is 18.2 Å². The van der Waals surface area contributed by atoms with Crippen molar-refractivity contribution < 1.29 is 19.1 Å². The third-order valence-electron chi connectivity index (χ3n) is 2.64. The fraction of sp³-hybridized carbons (Fsp3) is 0.400. The minimum Gasteiger partial charge on any atom is -0.493 e. The van der Waals surface area contributed by atoms with Crippen LogP contribution < -0.4 is 20.9 Å². The molecule has 6 nitrogen and oxygen atoms in total. The normalized spacial score (nSPS) is 10.1. The molecule has 0 aromatic heterocycles. The Labute approximate surface area is 124 Å². The van der Waals surface area contributed by atoms with E-state index in [2.05, 4.69) is 6.92 Å². The second-order valence-corrected chi connectivity index (χ2v) is 4.55. The van der Waals surface area contributed by atoms with Gasteiger partial charge in [0.2, 0.25) is 11.8 Å². The van der Waals surface area contributed by atoms with Crippen molar-refractivity contribution in [3.63, 3.8) is 0 Å². The number of rotatable bonds is 10. The Morgan fingerprint density at radius 1 is 0.952 bits per heavy atom. The second kappa shape index (κ2) is 8.84. The summed E-state index contributed by atoms with van der Waals surface area (Å²) >= 11 is 0. The number of carbonyl (C=O) groups is 2. The summed E-state index contributed by atoms with van der Waals surface area (Å²) in [4.78, 5) is 21.4. The molecule has 0 fully saturated rings. The van der Waals surface area contributed by atoms with Crippen molar-refractivity contribution in [2.45, 2.75) is 25.7 Å². The lowest BCUT2D eigenvalue weighted by atomic mass is 10.1. The zero-order chi connectivity index (χ0) is 15.7. The van der Waals surface area contributed by atoms with E-state index in [9.17, 15) is 9.59 Å². The van der Waals surface area contributed by atoms with Gasteiger partial charge in [0.25, 0.3) is 0 Å². The third-order valence-corrected chi connectivity index (χ3v) is 2.64. The summed E-state index contributed by atoms with van der Waals surface area (Å²) in [5.74, 6) is 0.358. The molecular weight excluding hydrogens is 272 g/mol. The van der Waals surface area contributed by atoms with Crippen LogP contribution in [-0.2, 0) is 16.0 Å². The van der Waals surface area contributed by atoms with Gasteiger partial charge in [0.05, 0.1) is 26.1 Å². The Kier molecular flexibility index (Phi) is 7.08. The van der Waals surface area contributed by atoms with Crippen LogP contribution in [0.4, 0.5) is 0 Å². The van der Waals surface area contributed by atoms with Gasteiger partial charge in [-0.15, -0.1) is 0 Å². The first-order valence-corrected chi connectivity index (χ1v) is 6.76. The molecule has 1 radical (unpaired) electrons. The maximum atomic E-state index is 10.7. The number of ether oxygens (including phenoxy) is 2. The summed E-state index contributed by atoms with van der Waals surface area (Å²) in [5, 5.41) is 0. The van der Waals surface area contributed by atoms with Crippen molar-refractivity contribution in [2.75, 3.05) is 13.2 Å². The third kappa shape index (κ3) is 7.20. The van der Waals surface area contributed by atoms with Crippen LogP contribution in [-0.4, -0.2) is 25.0 Å². The highest BCUT2D eigenvalue weighted by Crippen LogP contribution is 2.24. The lowest BCUT2D eigenvalue weighted by Crippen LogP contribution is -2.15. The van der Waals surface area contributed by atoms with Gasteiger partial charge in [-0.3, -0.25) is 9.59 Å². The first kappa shape index (κ1) is 16.8. The molecule has 6 heteroatoms. The van der Waals surface area contributed by atoms with Crippen molar-refractivity contribution in [1.82, 2.24) is 0 Å². The van der Waals surface area contributed by atoms with Crippen LogP contribution in [0.2, 0.25) is 0 Å². The van der Waals surface area contributed by atoms with Crippen LogP contribution in [0.3, 0.4) is 0 Å². The first-order chi connectivity index (χ1) is 10.0. The van der Waals surface area contributed by atoms with Gasteiger partial charge in [0.15, 0.2) is 0 Å². The molecule has 1 aromatic carbocycles. The van der Waals surface area contributed by atoms with Crippen molar-refractivity contribution in [1.29, 1.82) is 0 Å². The van der Waals surface area contributed by atoms with Crippen molar-refractivity contribution in [3.8, 4) is 11.5 Å². The number of benzene rings is 1. The molecule has 0 atom stereocenters. The zero-order valence-electron chi connectivity index (χ0n) is 12.0. The topological polar surface area (TPSA) is 105 Å². The summed E-state index contributed by atoms with van der Waals surface area (Å²) in [6, 6.07) is 5.44. The average molecular weight is 293 g/mol. The number of aryl methyl sites for hydroxylation is 1. The van der Waals surface area contributed by atoms with E-state index in [1.165, 1.54) is 0 Å². The predicted molar refractivity (Wildman–Crippen MR) is 78.7 cm³/mol. The molecule has 0 saturated heterocycles. The van der Waals surface area contributed by atoms with Gasteiger partial charge in [-0.1, -0.05) is 6.92 Å². The van der Waals surface area contributed by atoms with Crippen LogP contribution in [0.5, 0.6) is 11.5 Å². The SMILES string of the molecule is [CH2]CCc1cc(OCCC(N)=O)cc(OCCC(N)=O)c1. The predicted octanol–water partition coefficient (Wildman–Crippen LogP) is 0.962. The van der Waals surface area contributed by atoms with Gasteiger partial charge in [-0.25, -0.2) is 0 Å². The van der Waals surface area contributed by atoms with E-state index < -0.39 is 11.8 Å². The Morgan fingerprint density at radius 2 is 1.43 bits per heavy atom. The molecule has 0 saturated carbocycles. The largest absolute Gasteiger partial charge is 0.493 e. The molecule has 0 spiro atoms. The van der Waals surface area contributed by atoms with E-state index in [0.29, 0.717) is 11.5 Å². The van der Waals surface area contributed by atoms with Gasteiger partial charge in [0, 0.05) is 6.07 Å². The fourth-order valence-corrected chi connectivity index (χ4v) is 1.68. The minimum absolute atomic E-state index is 0.150. The maximum Gasteiger partial charge on any atom is 0.220 e. The van der Waals surface area contributed by atoms with Gasteiger partial charge >= 0.3 is 0 Å². The lowest BCUT2D eigenvalue weighted by molar-refractivity contribution is -0.119. The molecule has 0 aliphatic heterocycles. The second-order valence-electron chi connectivity index (χ2n) is 4.55. The van der Waals surface area contributed by atoms with Crippen molar-refractivity contribution >= 4 is 11.8 Å². The molecule has 21 heavy (non-hydrogen) atoms. The van der Waals surface area contributed by atoms with E-state index in [1.807, 2.05) is 12.1 Å². The molecule has 0 unspecified atom stereocenters. The summed E-state index contributed by atoms with van der Waals surface area (Å²) in [5.41, 5.74) is 11.1. The molecule has 4 N–H and O–H groups in total. The summed E-state index contributed by atoms with van der Waals surface area (Å²) in [7, 11) is 0. The molecular formula is C15H21N2O4. The smallest absolute Gasteiger partial charge is 0.220 e. The van der Waals surface area contributed by atoms with Crippen LogP contribution in [0.1, 0.15) is 24.8 Å². The Morgan fingerprint density at radius 3 is 1.81 bits per heavy atom. The van der Waals surface area contributed by atoms with Crippen LogP contribution >= 0.6 is 0 Å². The van der Waals surface area contributed by atoms with E-state index in [4.69, 9.17) is 20.9 Å². The van der Waals surface area contributed by atoms with Gasteiger partial charge in [-0.2, -0.15) is 0 Å². The summed E-state index contributed by atoms with van der Waals surface area (Å²) in [6.07, 6.45) is 1.82. The quantitative estimate of drug-likeness (QED) is 0.670. The summed E-state index contributed by atoms with van der Waals surface area (Å²) < 4.78 is 11.0. The Balaban J connectivity index is 2.69. The van der Waals surface area contributed by atoms with Crippen molar-refractivity contribution in [3.05, 3.63) is 30.7 Å². The molecule has 2 amide bonds. The Bertz CT molecular complexity index is 450. The monoisotopic (exact) mass is 293 g/mol.